The molecule has 6 nitrogen and oxygen atoms in total. The third-order valence-corrected chi connectivity index (χ3v) is 3.68. The molecule has 0 rings (SSSR count). The zero-order valence-electron chi connectivity index (χ0n) is 16.1. The Labute approximate surface area is 160 Å². The highest BCUT2D eigenvalue weighted by Crippen LogP contribution is 2.03. The predicted octanol–water partition coefficient (Wildman–Crippen LogP) is 1.47. The van der Waals surface area contributed by atoms with Crippen LogP contribution in [0.3, 0.4) is 0 Å². The molecule has 7 heteroatoms. The van der Waals surface area contributed by atoms with Gasteiger partial charge in [-0.25, -0.2) is 0 Å². The zero-order valence-corrected chi connectivity index (χ0v) is 18.4. The number of aliphatic imine (C=N–C) groups is 1. The summed E-state index contributed by atoms with van der Waals surface area (Å²) in [5.74, 6) is 0.868. The number of hydrogen-bond acceptors (Lipinski definition) is 4. The standard InChI is InChI=1S/C16H37N5O.HI/c1-14(2)21(15(3)4)11-9-19-16(17-5)18-8-10-20(6)12-13-22-7;/h14-15H,8-13H2,1-7H3,(H2,17,18,19);1H. The molecule has 0 aromatic heterocycles. The van der Waals surface area contributed by atoms with E-state index in [0.717, 1.165) is 45.3 Å². The summed E-state index contributed by atoms with van der Waals surface area (Å²) in [4.78, 5) is 8.98. The summed E-state index contributed by atoms with van der Waals surface area (Å²) in [6.45, 7) is 14.4. The molecule has 0 fully saturated rings. The maximum atomic E-state index is 5.07. The number of guanidine groups is 1. The quantitative estimate of drug-likeness (QED) is 0.288. The lowest BCUT2D eigenvalue weighted by molar-refractivity contribution is 0.162. The van der Waals surface area contributed by atoms with E-state index >= 15 is 0 Å². The number of hydrogen-bond donors (Lipinski definition) is 2. The summed E-state index contributed by atoms with van der Waals surface area (Å²) in [5.41, 5.74) is 0. The number of halogens is 1. The summed E-state index contributed by atoms with van der Waals surface area (Å²) in [7, 11) is 5.64. The fourth-order valence-electron chi connectivity index (χ4n) is 2.36. The summed E-state index contributed by atoms with van der Waals surface area (Å²) in [6, 6.07) is 1.12. The van der Waals surface area contributed by atoms with Gasteiger partial charge in [-0.15, -0.1) is 24.0 Å². The first-order valence-electron chi connectivity index (χ1n) is 8.30. The molecular formula is C16H38IN5O. The van der Waals surface area contributed by atoms with Crippen molar-refractivity contribution >= 4 is 29.9 Å². The third kappa shape index (κ3) is 12.9. The Hall–Kier alpha value is -0.120. The average Bonchev–Trinajstić information content (AvgIpc) is 2.46. The SMILES string of the molecule is CN=C(NCCN(C)CCOC)NCCN(C(C)C)C(C)C.I. The number of ether oxygens (including phenoxy) is 1. The topological polar surface area (TPSA) is 52.1 Å². The van der Waals surface area contributed by atoms with Crippen molar-refractivity contribution in [3.8, 4) is 0 Å². The molecule has 0 unspecified atom stereocenters. The number of nitrogens with zero attached hydrogens (tertiary/aromatic N) is 3. The van der Waals surface area contributed by atoms with Gasteiger partial charge in [0, 0.05) is 59.0 Å². The highest BCUT2D eigenvalue weighted by molar-refractivity contribution is 14.0. The van der Waals surface area contributed by atoms with E-state index in [2.05, 4.69) is 60.2 Å². The molecule has 0 saturated heterocycles. The molecule has 0 aromatic carbocycles. The van der Waals surface area contributed by atoms with Gasteiger partial charge in [0.25, 0.3) is 0 Å². The normalized spacial score (nSPS) is 12.2. The van der Waals surface area contributed by atoms with Crippen LogP contribution >= 0.6 is 24.0 Å². The minimum Gasteiger partial charge on any atom is -0.383 e. The van der Waals surface area contributed by atoms with Crippen molar-refractivity contribution in [3.63, 3.8) is 0 Å². The average molecular weight is 443 g/mol. The highest BCUT2D eigenvalue weighted by atomic mass is 127. The molecule has 0 bridgehead atoms. The van der Waals surface area contributed by atoms with E-state index in [9.17, 15) is 0 Å². The van der Waals surface area contributed by atoms with Crippen LogP contribution in [0.25, 0.3) is 0 Å². The number of rotatable bonds is 11. The number of methoxy groups -OCH3 is 1. The van der Waals surface area contributed by atoms with Gasteiger partial charge < -0.3 is 20.3 Å². The second-order valence-electron chi connectivity index (χ2n) is 6.15. The lowest BCUT2D eigenvalue weighted by atomic mass is 10.2. The molecule has 140 valence electrons. The molecule has 0 aliphatic carbocycles. The molecular weight excluding hydrogens is 405 g/mol. The first kappa shape index (κ1) is 25.1. The highest BCUT2D eigenvalue weighted by Gasteiger charge is 2.12. The summed E-state index contributed by atoms with van der Waals surface area (Å²) in [5, 5.41) is 6.73. The Balaban J connectivity index is 0. The van der Waals surface area contributed by atoms with Crippen LogP contribution in [0.5, 0.6) is 0 Å². The number of nitrogens with one attached hydrogen (secondary N) is 2. The van der Waals surface area contributed by atoms with Crippen LogP contribution in [-0.2, 0) is 4.74 Å². The van der Waals surface area contributed by atoms with Crippen LogP contribution in [-0.4, -0.2) is 88.4 Å². The van der Waals surface area contributed by atoms with E-state index in [0.29, 0.717) is 12.1 Å². The lowest BCUT2D eigenvalue weighted by Gasteiger charge is -2.30. The van der Waals surface area contributed by atoms with Crippen LogP contribution in [0.2, 0.25) is 0 Å². The van der Waals surface area contributed by atoms with E-state index in [1.807, 2.05) is 7.05 Å². The molecule has 0 aliphatic heterocycles. The predicted molar refractivity (Wildman–Crippen MR) is 111 cm³/mol. The molecule has 23 heavy (non-hydrogen) atoms. The molecule has 0 aromatic rings. The molecule has 0 heterocycles. The minimum absolute atomic E-state index is 0. The molecule has 0 amide bonds. The molecule has 0 atom stereocenters. The van der Waals surface area contributed by atoms with Crippen molar-refractivity contribution in [1.29, 1.82) is 0 Å². The van der Waals surface area contributed by atoms with E-state index in [1.54, 1.807) is 7.11 Å². The van der Waals surface area contributed by atoms with E-state index in [-0.39, 0.29) is 24.0 Å². The van der Waals surface area contributed by atoms with Gasteiger partial charge in [0.05, 0.1) is 6.61 Å². The van der Waals surface area contributed by atoms with Gasteiger partial charge in [-0.05, 0) is 34.7 Å². The van der Waals surface area contributed by atoms with Crippen LogP contribution < -0.4 is 10.6 Å². The fraction of sp³-hybridized carbons (Fsp3) is 0.938. The largest absolute Gasteiger partial charge is 0.383 e. The van der Waals surface area contributed by atoms with Crippen LogP contribution in [0.1, 0.15) is 27.7 Å². The molecule has 0 aliphatic rings. The van der Waals surface area contributed by atoms with Crippen molar-refractivity contribution in [2.75, 3.05) is 60.5 Å². The van der Waals surface area contributed by atoms with Crippen LogP contribution in [0.4, 0.5) is 0 Å². The van der Waals surface area contributed by atoms with Crippen LogP contribution in [0.15, 0.2) is 4.99 Å². The van der Waals surface area contributed by atoms with Gasteiger partial charge in [0.2, 0.25) is 0 Å². The monoisotopic (exact) mass is 443 g/mol. The van der Waals surface area contributed by atoms with Crippen molar-refractivity contribution in [2.45, 2.75) is 39.8 Å². The maximum absolute atomic E-state index is 5.07. The Morgan fingerprint density at radius 3 is 1.96 bits per heavy atom. The van der Waals surface area contributed by atoms with Gasteiger partial charge in [-0.2, -0.15) is 0 Å². The Morgan fingerprint density at radius 1 is 1.00 bits per heavy atom. The summed E-state index contributed by atoms with van der Waals surface area (Å²) in [6.07, 6.45) is 0. The Kier molecular flexibility index (Phi) is 16.8. The smallest absolute Gasteiger partial charge is 0.191 e. The zero-order chi connectivity index (χ0) is 17.0. The first-order valence-corrected chi connectivity index (χ1v) is 8.30. The summed E-state index contributed by atoms with van der Waals surface area (Å²) >= 11 is 0. The van der Waals surface area contributed by atoms with Crippen molar-refractivity contribution in [1.82, 2.24) is 20.4 Å². The van der Waals surface area contributed by atoms with E-state index < -0.39 is 0 Å². The Morgan fingerprint density at radius 2 is 1.52 bits per heavy atom. The van der Waals surface area contributed by atoms with Gasteiger partial charge in [0.1, 0.15) is 0 Å². The van der Waals surface area contributed by atoms with Crippen LogP contribution in [0, 0.1) is 0 Å². The first-order chi connectivity index (χ1) is 10.4. The van der Waals surface area contributed by atoms with Gasteiger partial charge in [-0.3, -0.25) is 9.89 Å². The van der Waals surface area contributed by atoms with Gasteiger partial charge in [0.15, 0.2) is 5.96 Å². The second-order valence-corrected chi connectivity index (χ2v) is 6.15. The van der Waals surface area contributed by atoms with Gasteiger partial charge >= 0.3 is 0 Å². The van der Waals surface area contributed by atoms with Crippen molar-refractivity contribution in [2.24, 2.45) is 4.99 Å². The third-order valence-electron chi connectivity index (χ3n) is 3.68. The minimum atomic E-state index is 0. The van der Waals surface area contributed by atoms with Crippen molar-refractivity contribution < 1.29 is 4.74 Å². The number of likely N-dealkylation sites (N-methyl/N-ethyl adjacent to an activating group) is 1. The molecule has 2 N–H and O–H groups in total. The molecule has 0 spiro atoms. The van der Waals surface area contributed by atoms with Gasteiger partial charge in [-0.1, -0.05) is 0 Å². The maximum Gasteiger partial charge on any atom is 0.191 e. The molecule has 0 radical (unpaired) electrons. The van der Waals surface area contributed by atoms with Crippen molar-refractivity contribution in [3.05, 3.63) is 0 Å². The molecule has 0 saturated carbocycles. The fourth-order valence-corrected chi connectivity index (χ4v) is 2.36. The second kappa shape index (κ2) is 15.4. The summed E-state index contributed by atoms with van der Waals surface area (Å²) < 4.78 is 5.07. The van der Waals surface area contributed by atoms with E-state index in [1.165, 1.54) is 0 Å². The lowest BCUT2D eigenvalue weighted by Crippen LogP contribution is -2.46. The Bertz CT molecular complexity index is 292. The van der Waals surface area contributed by atoms with E-state index in [4.69, 9.17) is 4.74 Å².